The van der Waals surface area contributed by atoms with E-state index < -0.39 is 11.9 Å². The standard InChI is InChI=1S/C7H14N2O3/c1-5(11)9-6(7(8)12)3-2-4-10/h6,10H,2-4H2,1H3,(H2,8,12)(H,9,11). The Morgan fingerprint density at radius 1 is 1.58 bits per heavy atom. The molecular formula is C7H14N2O3. The number of aliphatic hydroxyl groups excluding tert-OH is 1. The van der Waals surface area contributed by atoms with Gasteiger partial charge in [-0.05, 0) is 12.8 Å². The minimum absolute atomic E-state index is 0.0106. The van der Waals surface area contributed by atoms with Crippen LogP contribution in [-0.2, 0) is 9.59 Å². The third kappa shape index (κ3) is 4.68. The molecule has 0 fully saturated rings. The highest BCUT2D eigenvalue weighted by Gasteiger charge is 2.14. The van der Waals surface area contributed by atoms with E-state index in [1.807, 2.05) is 0 Å². The lowest BCUT2D eigenvalue weighted by Gasteiger charge is -2.12. The van der Waals surface area contributed by atoms with E-state index in [4.69, 9.17) is 10.8 Å². The van der Waals surface area contributed by atoms with Crippen molar-refractivity contribution in [1.29, 1.82) is 0 Å². The molecule has 4 N–H and O–H groups in total. The zero-order valence-electron chi connectivity index (χ0n) is 7.04. The monoisotopic (exact) mass is 174 g/mol. The Bertz CT molecular complexity index is 170. The second kappa shape index (κ2) is 5.54. The Labute approximate surface area is 70.9 Å². The van der Waals surface area contributed by atoms with Gasteiger partial charge in [0.25, 0.3) is 0 Å². The topological polar surface area (TPSA) is 92.4 Å². The van der Waals surface area contributed by atoms with Gasteiger partial charge in [0.1, 0.15) is 6.04 Å². The molecule has 0 aliphatic rings. The first-order valence-electron chi connectivity index (χ1n) is 3.75. The van der Waals surface area contributed by atoms with Crippen LogP contribution >= 0.6 is 0 Å². The van der Waals surface area contributed by atoms with Gasteiger partial charge in [0.05, 0.1) is 0 Å². The van der Waals surface area contributed by atoms with E-state index in [-0.39, 0.29) is 12.5 Å². The number of rotatable bonds is 5. The highest BCUT2D eigenvalue weighted by Crippen LogP contribution is 1.95. The highest BCUT2D eigenvalue weighted by molar-refractivity contribution is 5.85. The van der Waals surface area contributed by atoms with Crippen LogP contribution in [0.3, 0.4) is 0 Å². The second-order valence-corrected chi connectivity index (χ2v) is 2.52. The molecule has 0 bridgehead atoms. The lowest BCUT2D eigenvalue weighted by Crippen LogP contribution is -2.43. The van der Waals surface area contributed by atoms with Gasteiger partial charge in [0.2, 0.25) is 11.8 Å². The van der Waals surface area contributed by atoms with Crippen LogP contribution in [0.2, 0.25) is 0 Å². The van der Waals surface area contributed by atoms with Crippen LogP contribution in [0.15, 0.2) is 0 Å². The Morgan fingerprint density at radius 3 is 2.50 bits per heavy atom. The van der Waals surface area contributed by atoms with Gasteiger partial charge in [-0.25, -0.2) is 0 Å². The first-order valence-corrected chi connectivity index (χ1v) is 3.75. The summed E-state index contributed by atoms with van der Waals surface area (Å²) in [6, 6.07) is -0.658. The van der Waals surface area contributed by atoms with Crippen LogP contribution < -0.4 is 11.1 Å². The van der Waals surface area contributed by atoms with Crippen molar-refractivity contribution in [3.05, 3.63) is 0 Å². The number of amides is 2. The Balaban J connectivity index is 3.87. The summed E-state index contributed by atoms with van der Waals surface area (Å²) in [6.45, 7) is 1.30. The van der Waals surface area contributed by atoms with Crippen molar-refractivity contribution in [2.75, 3.05) is 6.61 Å². The number of hydrogen-bond donors (Lipinski definition) is 3. The van der Waals surface area contributed by atoms with Crippen molar-refractivity contribution >= 4 is 11.8 Å². The van der Waals surface area contributed by atoms with E-state index in [0.717, 1.165) is 0 Å². The molecule has 0 rings (SSSR count). The van der Waals surface area contributed by atoms with Crippen molar-refractivity contribution in [2.24, 2.45) is 5.73 Å². The molecule has 0 aromatic heterocycles. The summed E-state index contributed by atoms with van der Waals surface area (Å²) in [4.78, 5) is 21.2. The largest absolute Gasteiger partial charge is 0.396 e. The third-order valence-corrected chi connectivity index (χ3v) is 1.37. The maximum absolute atomic E-state index is 10.7. The molecule has 0 aromatic carbocycles. The predicted octanol–water partition coefficient (Wildman–Crippen LogP) is -1.25. The normalized spacial score (nSPS) is 12.2. The fourth-order valence-corrected chi connectivity index (χ4v) is 0.826. The first-order chi connectivity index (χ1) is 5.57. The van der Waals surface area contributed by atoms with Gasteiger partial charge in [-0.1, -0.05) is 0 Å². The van der Waals surface area contributed by atoms with Crippen LogP contribution in [0, 0.1) is 0 Å². The van der Waals surface area contributed by atoms with Crippen molar-refractivity contribution < 1.29 is 14.7 Å². The Morgan fingerprint density at radius 2 is 2.17 bits per heavy atom. The van der Waals surface area contributed by atoms with Crippen molar-refractivity contribution in [2.45, 2.75) is 25.8 Å². The molecule has 0 aromatic rings. The van der Waals surface area contributed by atoms with Gasteiger partial charge < -0.3 is 16.2 Å². The second-order valence-electron chi connectivity index (χ2n) is 2.52. The molecule has 5 heteroatoms. The SMILES string of the molecule is CC(=O)NC(CCCO)C(N)=O. The third-order valence-electron chi connectivity index (χ3n) is 1.37. The van der Waals surface area contributed by atoms with E-state index in [0.29, 0.717) is 12.8 Å². The number of primary amides is 1. The summed E-state index contributed by atoms with van der Waals surface area (Å²) in [5.74, 6) is -0.865. The number of carbonyl (C=O) groups is 2. The maximum Gasteiger partial charge on any atom is 0.240 e. The van der Waals surface area contributed by atoms with Crippen LogP contribution in [-0.4, -0.2) is 29.6 Å². The minimum atomic E-state index is -0.658. The van der Waals surface area contributed by atoms with Gasteiger partial charge >= 0.3 is 0 Å². The molecule has 1 atom stereocenters. The van der Waals surface area contributed by atoms with Crippen LogP contribution in [0.1, 0.15) is 19.8 Å². The number of carbonyl (C=O) groups excluding carboxylic acids is 2. The number of aliphatic hydroxyl groups is 1. The highest BCUT2D eigenvalue weighted by atomic mass is 16.3. The van der Waals surface area contributed by atoms with Crippen LogP contribution in [0.25, 0.3) is 0 Å². The molecule has 2 amide bonds. The summed E-state index contributed by atoms with van der Waals surface area (Å²) < 4.78 is 0. The van der Waals surface area contributed by atoms with Gasteiger partial charge in [-0.3, -0.25) is 9.59 Å². The van der Waals surface area contributed by atoms with Crippen LogP contribution in [0.5, 0.6) is 0 Å². The minimum Gasteiger partial charge on any atom is -0.396 e. The van der Waals surface area contributed by atoms with E-state index in [1.54, 1.807) is 0 Å². The van der Waals surface area contributed by atoms with Crippen molar-refractivity contribution in [3.8, 4) is 0 Å². The number of nitrogens with two attached hydrogens (primary N) is 1. The smallest absolute Gasteiger partial charge is 0.240 e. The van der Waals surface area contributed by atoms with Gasteiger partial charge in [-0.2, -0.15) is 0 Å². The molecule has 0 heterocycles. The van der Waals surface area contributed by atoms with E-state index in [2.05, 4.69) is 5.32 Å². The Kier molecular flexibility index (Phi) is 5.03. The molecule has 0 spiro atoms. The fourth-order valence-electron chi connectivity index (χ4n) is 0.826. The van der Waals surface area contributed by atoms with Gasteiger partial charge in [-0.15, -0.1) is 0 Å². The molecular weight excluding hydrogens is 160 g/mol. The molecule has 0 saturated carbocycles. The fraction of sp³-hybridized carbons (Fsp3) is 0.714. The molecule has 12 heavy (non-hydrogen) atoms. The predicted molar refractivity (Wildman–Crippen MR) is 43.1 cm³/mol. The van der Waals surface area contributed by atoms with Gasteiger partial charge in [0, 0.05) is 13.5 Å². The first kappa shape index (κ1) is 10.9. The number of hydrogen-bond acceptors (Lipinski definition) is 3. The zero-order chi connectivity index (χ0) is 9.56. The molecule has 5 nitrogen and oxygen atoms in total. The molecule has 70 valence electrons. The van der Waals surface area contributed by atoms with Crippen molar-refractivity contribution in [1.82, 2.24) is 5.32 Å². The van der Waals surface area contributed by atoms with E-state index in [1.165, 1.54) is 6.92 Å². The average molecular weight is 174 g/mol. The number of nitrogens with one attached hydrogen (secondary N) is 1. The van der Waals surface area contributed by atoms with Gasteiger partial charge in [0.15, 0.2) is 0 Å². The summed E-state index contributed by atoms with van der Waals surface area (Å²) in [6.07, 6.45) is 0.833. The maximum atomic E-state index is 10.7. The molecule has 0 radical (unpaired) electrons. The molecule has 0 aliphatic heterocycles. The zero-order valence-corrected chi connectivity index (χ0v) is 7.04. The van der Waals surface area contributed by atoms with Crippen molar-refractivity contribution in [3.63, 3.8) is 0 Å². The lowest BCUT2D eigenvalue weighted by atomic mass is 10.1. The molecule has 0 saturated heterocycles. The average Bonchev–Trinajstić information content (AvgIpc) is 1.96. The summed E-state index contributed by atoms with van der Waals surface area (Å²) in [5.41, 5.74) is 4.99. The van der Waals surface area contributed by atoms with E-state index >= 15 is 0 Å². The molecule has 1 unspecified atom stereocenters. The van der Waals surface area contributed by atoms with E-state index in [9.17, 15) is 9.59 Å². The summed E-state index contributed by atoms with van der Waals surface area (Å²) in [7, 11) is 0. The van der Waals surface area contributed by atoms with Crippen LogP contribution in [0.4, 0.5) is 0 Å². The summed E-state index contributed by atoms with van der Waals surface area (Å²) >= 11 is 0. The summed E-state index contributed by atoms with van der Waals surface area (Å²) in [5, 5.41) is 10.9. The Hall–Kier alpha value is -1.10. The lowest BCUT2D eigenvalue weighted by molar-refractivity contribution is -0.126. The molecule has 0 aliphatic carbocycles. The quantitative estimate of drug-likeness (QED) is 0.486.